The minimum Gasteiger partial charge on any atom is -0.491 e. The van der Waals surface area contributed by atoms with E-state index < -0.39 is 0 Å². The van der Waals surface area contributed by atoms with Crippen molar-refractivity contribution in [1.82, 2.24) is 15.5 Å². The molecule has 0 aliphatic carbocycles. The molecule has 2 saturated heterocycles. The van der Waals surface area contributed by atoms with Gasteiger partial charge in [0, 0.05) is 30.7 Å². The molecule has 33 heavy (non-hydrogen) atoms. The predicted molar refractivity (Wildman–Crippen MR) is 132 cm³/mol. The number of benzene rings is 2. The molecule has 3 aliphatic rings. The zero-order chi connectivity index (χ0) is 22.9. The molecule has 0 saturated carbocycles. The second-order valence-electron chi connectivity index (χ2n) is 10.3. The summed E-state index contributed by atoms with van der Waals surface area (Å²) >= 11 is 0. The summed E-state index contributed by atoms with van der Waals surface area (Å²) in [4.78, 5) is 16.3. The van der Waals surface area contributed by atoms with E-state index >= 15 is 0 Å². The van der Waals surface area contributed by atoms with Crippen molar-refractivity contribution in [2.45, 2.75) is 70.7 Å². The largest absolute Gasteiger partial charge is 0.491 e. The van der Waals surface area contributed by atoms with Crippen LogP contribution in [-0.4, -0.2) is 42.6 Å². The van der Waals surface area contributed by atoms with Crippen LogP contribution in [0.4, 0.5) is 0 Å². The summed E-state index contributed by atoms with van der Waals surface area (Å²) in [6, 6.07) is 15.1. The van der Waals surface area contributed by atoms with E-state index in [4.69, 9.17) is 4.74 Å². The summed E-state index contributed by atoms with van der Waals surface area (Å²) in [7, 11) is 0. The van der Waals surface area contributed by atoms with Crippen molar-refractivity contribution in [2.24, 2.45) is 5.92 Å². The highest BCUT2D eigenvalue weighted by Gasteiger charge is 2.41. The van der Waals surface area contributed by atoms with Gasteiger partial charge >= 0.3 is 0 Å². The molecule has 0 unspecified atom stereocenters. The fourth-order valence-electron chi connectivity index (χ4n) is 6.06. The second kappa shape index (κ2) is 9.47. The number of ether oxygens (including phenoxy) is 1. The van der Waals surface area contributed by atoms with Crippen LogP contribution in [-0.2, 0) is 6.42 Å². The fraction of sp³-hybridized carbons (Fsp3) is 0.536. The first-order valence-electron chi connectivity index (χ1n) is 12.7. The van der Waals surface area contributed by atoms with Crippen LogP contribution in [0.2, 0.25) is 0 Å². The number of hydrogen-bond donors (Lipinski definition) is 2. The molecule has 3 aliphatic heterocycles. The topological polar surface area (TPSA) is 53.6 Å². The van der Waals surface area contributed by atoms with Gasteiger partial charge in [-0.3, -0.25) is 9.69 Å². The molecule has 2 aromatic rings. The molecule has 0 bridgehead atoms. The van der Waals surface area contributed by atoms with Gasteiger partial charge in [-0.1, -0.05) is 30.3 Å². The van der Waals surface area contributed by atoms with E-state index in [1.165, 1.54) is 24.0 Å². The average molecular weight is 448 g/mol. The monoisotopic (exact) mass is 447 g/mol. The lowest BCUT2D eigenvalue weighted by atomic mass is 9.76. The third-order valence-corrected chi connectivity index (χ3v) is 7.62. The van der Waals surface area contributed by atoms with Crippen molar-refractivity contribution in [3.05, 3.63) is 64.7 Å². The van der Waals surface area contributed by atoms with Crippen molar-refractivity contribution >= 4 is 5.91 Å². The van der Waals surface area contributed by atoms with Gasteiger partial charge in [0.15, 0.2) is 0 Å². The molecular formula is C28H37N3O2. The lowest BCUT2D eigenvalue weighted by Gasteiger charge is -2.49. The zero-order valence-electron chi connectivity index (χ0n) is 20.1. The molecule has 5 nitrogen and oxygen atoms in total. The molecule has 2 aromatic carbocycles. The van der Waals surface area contributed by atoms with Gasteiger partial charge < -0.3 is 15.4 Å². The number of rotatable bonds is 5. The summed E-state index contributed by atoms with van der Waals surface area (Å²) in [6.07, 6.45) is 4.72. The van der Waals surface area contributed by atoms with Gasteiger partial charge in [-0.05, 0) is 87.7 Å². The van der Waals surface area contributed by atoms with Gasteiger partial charge in [-0.25, -0.2) is 0 Å². The Morgan fingerprint density at radius 1 is 1.18 bits per heavy atom. The van der Waals surface area contributed by atoms with E-state index in [9.17, 15) is 4.79 Å². The van der Waals surface area contributed by atoms with Gasteiger partial charge in [0.1, 0.15) is 5.75 Å². The van der Waals surface area contributed by atoms with Crippen LogP contribution in [0.5, 0.6) is 5.75 Å². The summed E-state index contributed by atoms with van der Waals surface area (Å²) in [6.45, 7) is 9.44. The van der Waals surface area contributed by atoms with Gasteiger partial charge in [0.25, 0.3) is 5.91 Å². The zero-order valence-corrected chi connectivity index (χ0v) is 20.1. The van der Waals surface area contributed by atoms with Crippen molar-refractivity contribution in [3.63, 3.8) is 0 Å². The molecule has 5 heteroatoms. The van der Waals surface area contributed by atoms with Crippen LogP contribution in [0, 0.1) is 5.92 Å². The van der Waals surface area contributed by atoms with E-state index in [2.05, 4.69) is 40.7 Å². The maximum absolute atomic E-state index is 13.7. The minimum absolute atomic E-state index is 0.00242. The van der Waals surface area contributed by atoms with Crippen LogP contribution in [0.1, 0.15) is 79.2 Å². The second-order valence-corrected chi connectivity index (χ2v) is 10.3. The Morgan fingerprint density at radius 3 is 2.79 bits per heavy atom. The Labute approximate surface area is 197 Å². The van der Waals surface area contributed by atoms with Gasteiger partial charge in [0.05, 0.1) is 12.1 Å². The average Bonchev–Trinajstić information content (AvgIpc) is 2.82. The Morgan fingerprint density at radius 2 is 2.00 bits per heavy atom. The van der Waals surface area contributed by atoms with Crippen LogP contribution in [0.3, 0.4) is 0 Å². The van der Waals surface area contributed by atoms with Gasteiger partial charge in [-0.15, -0.1) is 0 Å². The summed E-state index contributed by atoms with van der Waals surface area (Å²) in [5.41, 5.74) is 4.40. The number of hydrogen-bond acceptors (Lipinski definition) is 4. The smallest absolute Gasteiger partial charge is 0.252 e. The Bertz CT molecular complexity index is 990. The third kappa shape index (κ3) is 4.67. The van der Waals surface area contributed by atoms with E-state index in [-0.39, 0.29) is 18.1 Å². The number of amides is 1. The molecular weight excluding hydrogens is 410 g/mol. The maximum atomic E-state index is 13.7. The van der Waals surface area contributed by atoms with Gasteiger partial charge in [-0.2, -0.15) is 0 Å². The highest BCUT2D eigenvalue weighted by atomic mass is 16.5. The highest BCUT2D eigenvalue weighted by molar-refractivity contribution is 5.97. The summed E-state index contributed by atoms with van der Waals surface area (Å²) < 4.78 is 6.08. The first-order chi connectivity index (χ1) is 16.0. The molecule has 2 fully saturated rings. The van der Waals surface area contributed by atoms with Crippen LogP contribution in [0.25, 0.3) is 0 Å². The summed E-state index contributed by atoms with van der Waals surface area (Å²) in [5.74, 6) is 1.53. The van der Waals surface area contributed by atoms with E-state index in [0.29, 0.717) is 12.1 Å². The maximum Gasteiger partial charge on any atom is 0.252 e. The van der Waals surface area contributed by atoms with Crippen molar-refractivity contribution < 1.29 is 9.53 Å². The molecule has 0 aromatic heterocycles. The molecule has 0 spiro atoms. The minimum atomic E-state index is -0.0561. The number of carbonyl (C=O) groups excluding carboxylic acids is 1. The lowest BCUT2D eigenvalue weighted by molar-refractivity contribution is 0.0541. The standard InChI is InChI=1S/C28H37N3O2/c1-18(2)33-23-14-21-11-13-31-17-22-10-7-12-29-25(22)16-26(31)27(21)24(15-23)28(32)30-19(3)20-8-5-4-6-9-20/h4-6,8-9,14-15,18-19,22,25-26,29H,7,10-13,16-17H2,1-3H3,(H,30,32)/t19-,22+,25+,26+/m1/s1. The molecule has 4 atom stereocenters. The van der Waals surface area contributed by atoms with E-state index in [1.54, 1.807) is 0 Å². The molecule has 176 valence electrons. The summed E-state index contributed by atoms with van der Waals surface area (Å²) in [5, 5.41) is 7.04. The first-order valence-corrected chi connectivity index (χ1v) is 12.7. The quantitative estimate of drug-likeness (QED) is 0.701. The van der Waals surface area contributed by atoms with Crippen molar-refractivity contribution in [2.75, 3.05) is 19.6 Å². The van der Waals surface area contributed by atoms with Crippen LogP contribution >= 0.6 is 0 Å². The van der Waals surface area contributed by atoms with E-state index in [1.807, 2.05) is 38.1 Å². The van der Waals surface area contributed by atoms with Gasteiger partial charge in [0.2, 0.25) is 0 Å². The molecule has 2 N–H and O–H groups in total. The predicted octanol–water partition coefficient (Wildman–Crippen LogP) is 4.64. The van der Waals surface area contributed by atoms with Crippen LogP contribution < -0.4 is 15.4 Å². The van der Waals surface area contributed by atoms with Crippen molar-refractivity contribution in [3.8, 4) is 5.75 Å². The van der Waals surface area contributed by atoms with Crippen LogP contribution in [0.15, 0.2) is 42.5 Å². The molecule has 1 amide bonds. The number of nitrogens with zero attached hydrogens (tertiary/aromatic N) is 1. The third-order valence-electron chi connectivity index (χ3n) is 7.62. The number of carbonyl (C=O) groups is 1. The Hall–Kier alpha value is -2.37. The molecule has 5 rings (SSSR count). The Balaban J connectivity index is 1.49. The number of piperidine rings is 2. The Kier molecular flexibility index (Phi) is 6.44. The SMILES string of the molecule is CC(C)Oc1cc2c(c(C(=O)N[C@H](C)c3ccccc3)c1)[C@@H]1C[C@@H]3NCCC[C@H]3CN1CC2. The number of nitrogens with one attached hydrogen (secondary N) is 2. The number of fused-ring (bicyclic) bond motifs is 4. The fourth-order valence-corrected chi connectivity index (χ4v) is 6.06. The van der Waals surface area contributed by atoms with E-state index in [0.717, 1.165) is 55.3 Å². The normalized spacial score (nSPS) is 25.5. The highest BCUT2D eigenvalue weighted by Crippen LogP contribution is 2.43. The first kappa shape index (κ1) is 22.4. The molecule has 3 heterocycles. The van der Waals surface area contributed by atoms with Crippen molar-refractivity contribution in [1.29, 1.82) is 0 Å². The molecule has 0 radical (unpaired) electrons. The lowest BCUT2D eigenvalue weighted by Crippen LogP contribution is -2.55.